The Hall–Kier alpha value is -2.73. The van der Waals surface area contributed by atoms with Gasteiger partial charge in [0.25, 0.3) is 0 Å². The summed E-state index contributed by atoms with van der Waals surface area (Å²) in [4.78, 5) is 16.2. The lowest BCUT2D eigenvalue weighted by Gasteiger charge is -2.13. The van der Waals surface area contributed by atoms with Gasteiger partial charge in [-0.3, -0.25) is 9.79 Å². The number of nitrogens with one attached hydrogen (secondary N) is 3. The van der Waals surface area contributed by atoms with Crippen molar-refractivity contribution in [1.82, 2.24) is 10.6 Å². The van der Waals surface area contributed by atoms with E-state index in [0.29, 0.717) is 18.2 Å². The van der Waals surface area contributed by atoms with Crippen LogP contribution in [-0.4, -0.2) is 39.1 Å². The second-order valence-electron chi connectivity index (χ2n) is 6.18. The van der Waals surface area contributed by atoms with Crippen LogP contribution in [0.25, 0.3) is 0 Å². The number of guanidine groups is 1. The molecule has 0 heterocycles. The van der Waals surface area contributed by atoms with E-state index in [1.165, 1.54) is 0 Å². The summed E-state index contributed by atoms with van der Waals surface area (Å²) in [5.41, 5.74) is 3.65. The molecule has 7 heteroatoms. The summed E-state index contributed by atoms with van der Waals surface area (Å²) < 4.78 is 5.35. The van der Waals surface area contributed by atoms with E-state index in [0.717, 1.165) is 28.9 Å². The van der Waals surface area contributed by atoms with E-state index >= 15 is 0 Å². The Balaban J connectivity index is 0.00000420. The molecule has 0 aliphatic rings. The molecule has 6 nitrogen and oxygen atoms in total. The smallest absolute Gasteiger partial charge is 0.243 e. The Bertz CT molecular complexity index is 891. The molecular formula is C22H27IN4O2. The monoisotopic (exact) mass is 506 g/mol. The first-order valence-electron chi connectivity index (χ1n) is 9.00. The zero-order valence-electron chi connectivity index (χ0n) is 16.9. The largest absolute Gasteiger partial charge is 0.496 e. The summed E-state index contributed by atoms with van der Waals surface area (Å²) in [5, 5.41) is 9.00. The Kier molecular flexibility index (Phi) is 10.6. The lowest BCUT2D eigenvalue weighted by atomic mass is 10.1. The fourth-order valence-electron chi connectivity index (χ4n) is 2.62. The summed E-state index contributed by atoms with van der Waals surface area (Å²) in [5.74, 6) is 3.80. The molecule has 2 rings (SSSR count). The number of amides is 1. The van der Waals surface area contributed by atoms with E-state index in [-0.39, 0.29) is 36.4 Å². The number of ether oxygens (including phenoxy) is 1. The fraction of sp³-hybridized carbons (Fsp3) is 0.273. The van der Waals surface area contributed by atoms with E-state index < -0.39 is 0 Å². The van der Waals surface area contributed by atoms with Crippen LogP contribution in [0.4, 0.5) is 5.69 Å². The Morgan fingerprint density at radius 1 is 1.21 bits per heavy atom. The predicted octanol–water partition coefficient (Wildman–Crippen LogP) is 2.95. The van der Waals surface area contributed by atoms with Gasteiger partial charge < -0.3 is 20.7 Å². The van der Waals surface area contributed by atoms with Gasteiger partial charge in [0.2, 0.25) is 5.91 Å². The van der Waals surface area contributed by atoms with Gasteiger partial charge >= 0.3 is 0 Å². The lowest BCUT2D eigenvalue weighted by Crippen LogP contribution is -2.42. The second kappa shape index (κ2) is 12.7. The molecule has 0 aliphatic carbocycles. The molecule has 0 bridgehead atoms. The Morgan fingerprint density at radius 3 is 2.69 bits per heavy atom. The molecule has 0 aromatic heterocycles. The van der Waals surface area contributed by atoms with Crippen molar-refractivity contribution in [3.05, 3.63) is 59.2 Å². The van der Waals surface area contributed by atoms with Gasteiger partial charge in [0.1, 0.15) is 5.75 Å². The van der Waals surface area contributed by atoms with E-state index in [1.54, 1.807) is 32.4 Å². The number of hydrogen-bond acceptors (Lipinski definition) is 3. The number of benzene rings is 2. The highest BCUT2D eigenvalue weighted by molar-refractivity contribution is 14.0. The van der Waals surface area contributed by atoms with E-state index in [9.17, 15) is 4.79 Å². The van der Waals surface area contributed by atoms with Crippen LogP contribution in [0.5, 0.6) is 5.75 Å². The van der Waals surface area contributed by atoms with E-state index in [4.69, 9.17) is 11.2 Å². The summed E-state index contributed by atoms with van der Waals surface area (Å²) in [7, 11) is 3.34. The number of halogens is 1. The van der Waals surface area contributed by atoms with E-state index in [2.05, 4.69) is 32.9 Å². The number of nitrogens with zero attached hydrogens (tertiary/aromatic N) is 1. The van der Waals surface area contributed by atoms with Crippen LogP contribution >= 0.6 is 24.0 Å². The third-order valence-electron chi connectivity index (χ3n) is 4.13. The molecule has 154 valence electrons. The number of terminal acetylenes is 1. The van der Waals surface area contributed by atoms with E-state index in [1.807, 2.05) is 25.1 Å². The van der Waals surface area contributed by atoms with Crippen molar-refractivity contribution >= 4 is 41.5 Å². The number of aryl methyl sites for hydroxylation is 1. The minimum absolute atomic E-state index is 0. The molecule has 0 unspecified atom stereocenters. The molecule has 0 saturated heterocycles. The van der Waals surface area contributed by atoms with Crippen molar-refractivity contribution < 1.29 is 9.53 Å². The molecule has 0 radical (unpaired) electrons. The summed E-state index contributed by atoms with van der Waals surface area (Å²) in [6.07, 6.45) is 6.18. The highest BCUT2D eigenvalue weighted by Crippen LogP contribution is 2.19. The van der Waals surface area contributed by atoms with Gasteiger partial charge in [-0.05, 0) is 48.7 Å². The van der Waals surface area contributed by atoms with Gasteiger partial charge in [-0.1, -0.05) is 24.1 Å². The van der Waals surface area contributed by atoms with Crippen LogP contribution in [0.3, 0.4) is 0 Å². The summed E-state index contributed by atoms with van der Waals surface area (Å²) >= 11 is 0. The fourth-order valence-corrected chi connectivity index (χ4v) is 2.62. The zero-order valence-corrected chi connectivity index (χ0v) is 19.2. The third-order valence-corrected chi connectivity index (χ3v) is 4.13. The van der Waals surface area contributed by atoms with Crippen LogP contribution in [0.1, 0.15) is 16.7 Å². The molecule has 0 saturated carbocycles. The van der Waals surface area contributed by atoms with Gasteiger partial charge in [-0.2, -0.15) is 0 Å². The minimum Gasteiger partial charge on any atom is -0.496 e. The molecule has 2 aromatic carbocycles. The highest BCUT2D eigenvalue weighted by Gasteiger charge is 2.05. The van der Waals surface area contributed by atoms with Crippen molar-refractivity contribution in [2.24, 2.45) is 4.99 Å². The molecule has 0 fully saturated rings. The average molecular weight is 506 g/mol. The van der Waals surface area contributed by atoms with Gasteiger partial charge in [0.15, 0.2) is 5.96 Å². The molecule has 3 N–H and O–H groups in total. The molecule has 29 heavy (non-hydrogen) atoms. The first kappa shape index (κ1) is 24.3. The zero-order chi connectivity index (χ0) is 20.4. The summed E-state index contributed by atoms with van der Waals surface area (Å²) in [6.45, 7) is 2.79. The number of hydrogen-bond donors (Lipinski definition) is 3. The minimum atomic E-state index is -0.180. The average Bonchev–Trinajstić information content (AvgIpc) is 2.71. The topological polar surface area (TPSA) is 74.8 Å². The van der Waals surface area contributed by atoms with Crippen molar-refractivity contribution in [3.8, 4) is 18.1 Å². The standard InChI is InChI=1S/C22H26N4O2.HI/c1-5-17-7-6-8-19(13-17)26-21(27)15-25-22(23-3)24-12-11-18-10-9-16(2)20(14-18)28-4;/h1,6-10,13-14H,11-12,15H2,2-4H3,(H,26,27)(H2,23,24,25);1H. The first-order valence-corrected chi connectivity index (χ1v) is 9.00. The quantitative estimate of drug-likeness (QED) is 0.234. The maximum Gasteiger partial charge on any atom is 0.243 e. The number of anilines is 1. The number of aliphatic imine (C=N–C) groups is 1. The van der Waals surface area contributed by atoms with Crippen LogP contribution in [0, 0.1) is 19.3 Å². The molecule has 0 aliphatic heterocycles. The predicted molar refractivity (Wildman–Crippen MR) is 129 cm³/mol. The second-order valence-corrected chi connectivity index (χ2v) is 6.18. The van der Waals surface area contributed by atoms with Crippen molar-refractivity contribution in [3.63, 3.8) is 0 Å². The Morgan fingerprint density at radius 2 is 2.00 bits per heavy atom. The lowest BCUT2D eigenvalue weighted by molar-refractivity contribution is -0.115. The maximum absolute atomic E-state index is 12.1. The number of rotatable bonds is 7. The molecule has 0 atom stereocenters. The van der Waals surface area contributed by atoms with Gasteiger partial charge in [-0.15, -0.1) is 30.4 Å². The first-order chi connectivity index (χ1) is 13.5. The van der Waals surface area contributed by atoms with Crippen LogP contribution in [-0.2, 0) is 11.2 Å². The van der Waals surface area contributed by atoms with Gasteiger partial charge in [0, 0.05) is 24.8 Å². The number of carbonyl (C=O) groups excluding carboxylic acids is 1. The van der Waals surface area contributed by atoms with Gasteiger partial charge in [-0.25, -0.2) is 0 Å². The number of methoxy groups -OCH3 is 1. The molecule has 1 amide bonds. The molecule has 0 spiro atoms. The number of carbonyl (C=O) groups is 1. The van der Waals surface area contributed by atoms with Crippen molar-refractivity contribution in [2.45, 2.75) is 13.3 Å². The SMILES string of the molecule is C#Cc1cccc(NC(=O)CNC(=NC)NCCc2ccc(C)c(OC)c2)c1.I. The van der Waals surface area contributed by atoms with Crippen molar-refractivity contribution in [1.29, 1.82) is 0 Å². The maximum atomic E-state index is 12.1. The normalized spacial score (nSPS) is 10.3. The summed E-state index contributed by atoms with van der Waals surface area (Å²) in [6, 6.07) is 13.3. The Labute approximate surface area is 189 Å². The van der Waals surface area contributed by atoms with Crippen molar-refractivity contribution in [2.75, 3.05) is 32.6 Å². The third kappa shape index (κ3) is 8.03. The van der Waals surface area contributed by atoms with Crippen LogP contribution in [0.2, 0.25) is 0 Å². The molecule has 2 aromatic rings. The molecular weight excluding hydrogens is 479 g/mol. The van der Waals surface area contributed by atoms with Crippen LogP contribution < -0.4 is 20.7 Å². The van der Waals surface area contributed by atoms with Crippen LogP contribution in [0.15, 0.2) is 47.5 Å². The highest BCUT2D eigenvalue weighted by atomic mass is 127. The van der Waals surface area contributed by atoms with Gasteiger partial charge in [0.05, 0.1) is 13.7 Å².